The molecule has 194 valence electrons. The number of aliphatic hydroxyl groups excluding tert-OH is 1. The van der Waals surface area contributed by atoms with Crippen LogP contribution in [0.2, 0.25) is 5.02 Å². The quantitative estimate of drug-likeness (QED) is 0.249. The lowest BCUT2D eigenvalue weighted by atomic mass is 9.95. The van der Waals surface area contributed by atoms with Crippen molar-refractivity contribution in [1.82, 2.24) is 9.80 Å². The van der Waals surface area contributed by atoms with Crippen molar-refractivity contribution in [1.29, 1.82) is 0 Å². The Balaban J connectivity index is 2.16. The first kappa shape index (κ1) is 27.6. The molecule has 8 heteroatoms. The summed E-state index contributed by atoms with van der Waals surface area (Å²) in [5.74, 6) is -0.604. The maximum Gasteiger partial charge on any atom is 0.295 e. The molecule has 2 aromatic rings. The molecule has 3 rings (SSSR count). The summed E-state index contributed by atoms with van der Waals surface area (Å²) in [6.07, 6.45) is -0.0469. The fourth-order valence-electron chi connectivity index (χ4n) is 4.36. The molecule has 36 heavy (non-hydrogen) atoms. The van der Waals surface area contributed by atoms with Crippen molar-refractivity contribution < 1.29 is 24.2 Å². The van der Waals surface area contributed by atoms with Crippen molar-refractivity contribution in [2.24, 2.45) is 0 Å². The van der Waals surface area contributed by atoms with E-state index in [1.807, 2.05) is 45.0 Å². The summed E-state index contributed by atoms with van der Waals surface area (Å²) in [5, 5.41) is 11.7. The maximum absolute atomic E-state index is 13.4. The highest BCUT2D eigenvalue weighted by atomic mass is 35.5. The van der Waals surface area contributed by atoms with Gasteiger partial charge in [0.25, 0.3) is 11.7 Å². The van der Waals surface area contributed by atoms with E-state index in [4.69, 9.17) is 21.1 Å². The van der Waals surface area contributed by atoms with Crippen LogP contribution >= 0.6 is 11.6 Å². The standard InChI is InChI=1S/C28H35ClN2O5/c1-6-30(7-2)14-15-31-25(19-10-9-11-21(16-19)36-18(4)5)24(27(33)28(31)34)26(32)22-17-20(35-8-3)12-13-23(22)29/h9-13,16-18,25,32H,6-8,14-15H2,1-5H3/b26-24+. The van der Waals surface area contributed by atoms with Gasteiger partial charge in [-0.05, 0) is 69.8 Å². The molecule has 1 unspecified atom stereocenters. The Morgan fingerprint density at radius 1 is 1.08 bits per heavy atom. The minimum absolute atomic E-state index is 0.00297. The molecule has 2 aromatic carbocycles. The van der Waals surface area contributed by atoms with E-state index in [0.29, 0.717) is 36.8 Å². The number of likely N-dealkylation sites (tertiary alicyclic amines) is 1. The summed E-state index contributed by atoms with van der Waals surface area (Å²) in [6.45, 7) is 12.8. The maximum atomic E-state index is 13.4. The van der Waals surface area contributed by atoms with Gasteiger partial charge in [0, 0.05) is 18.7 Å². The monoisotopic (exact) mass is 514 g/mol. The van der Waals surface area contributed by atoms with Crippen molar-refractivity contribution >= 4 is 29.1 Å². The molecule has 1 saturated heterocycles. The first-order valence-electron chi connectivity index (χ1n) is 12.4. The predicted molar refractivity (Wildman–Crippen MR) is 142 cm³/mol. The lowest BCUT2D eigenvalue weighted by Crippen LogP contribution is -2.38. The number of carbonyl (C=O) groups is 2. The Kier molecular flexibility index (Phi) is 9.40. The summed E-state index contributed by atoms with van der Waals surface area (Å²) in [5.41, 5.74) is 0.909. The van der Waals surface area contributed by atoms with E-state index < -0.39 is 17.7 Å². The van der Waals surface area contributed by atoms with Crippen LogP contribution in [0.3, 0.4) is 0 Å². The number of ether oxygens (including phenoxy) is 2. The lowest BCUT2D eigenvalue weighted by Gasteiger charge is -2.28. The van der Waals surface area contributed by atoms with Crippen molar-refractivity contribution in [2.45, 2.75) is 46.8 Å². The van der Waals surface area contributed by atoms with Gasteiger partial charge in [-0.25, -0.2) is 0 Å². The van der Waals surface area contributed by atoms with Crippen molar-refractivity contribution in [3.63, 3.8) is 0 Å². The zero-order valence-electron chi connectivity index (χ0n) is 21.6. The van der Waals surface area contributed by atoms with E-state index in [-0.39, 0.29) is 28.0 Å². The number of hydrogen-bond acceptors (Lipinski definition) is 6. The van der Waals surface area contributed by atoms with Gasteiger partial charge in [0.1, 0.15) is 17.3 Å². The summed E-state index contributed by atoms with van der Waals surface area (Å²) in [6, 6.07) is 11.4. The Morgan fingerprint density at radius 3 is 2.44 bits per heavy atom. The molecule has 0 spiro atoms. The highest BCUT2D eigenvalue weighted by Crippen LogP contribution is 2.41. The Morgan fingerprint density at radius 2 is 1.81 bits per heavy atom. The van der Waals surface area contributed by atoms with Gasteiger partial charge >= 0.3 is 0 Å². The van der Waals surface area contributed by atoms with Crippen LogP contribution in [0.4, 0.5) is 0 Å². The summed E-state index contributed by atoms with van der Waals surface area (Å²) >= 11 is 6.42. The third kappa shape index (κ3) is 6.02. The number of likely N-dealkylation sites (N-methyl/N-ethyl adjacent to an activating group) is 1. The van der Waals surface area contributed by atoms with Crippen LogP contribution in [0.5, 0.6) is 11.5 Å². The van der Waals surface area contributed by atoms with Crippen LogP contribution < -0.4 is 9.47 Å². The molecule has 1 heterocycles. The lowest BCUT2D eigenvalue weighted by molar-refractivity contribution is -0.140. The number of hydrogen-bond donors (Lipinski definition) is 1. The Bertz CT molecular complexity index is 1130. The number of aliphatic hydroxyl groups is 1. The number of ketones is 1. The number of nitrogens with zero attached hydrogens (tertiary/aromatic N) is 2. The highest BCUT2D eigenvalue weighted by molar-refractivity contribution is 6.47. The molecule has 1 aliphatic heterocycles. The van der Waals surface area contributed by atoms with Crippen molar-refractivity contribution in [3.8, 4) is 11.5 Å². The average Bonchev–Trinajstić information content (AvgIpc) is 3.10. The first-order chi connectivity index (χ1) is 17.2. The van der Waals surface area contributed by atoms with Crippen LogP contribution in [-0.2, 0) is 9.59 Å². The topological polar surface area (TPSA) is 79.3 Å². The predicted octanol–water partition coefficient (Wildman–Crippen LogP) is 5.29. The minimum Gasteiger partial charge on any atom is -0.507 e. The normalized spacial score (nSPS) is 17.3. The van der Waals surface area contributed by atoms with Crippen LogP contribution in [0.15, 0.2) is 48.0 Å². The zero-order valence-corrected chi connectivity index (χ0v) is 22.3. The van der Waals surface area contributed by atoms with Gasteiger partial charge in [0.2, 0.25) is 0 Å². The molecular formula is C28H35ClN2O5. The second-order valence-electron chi connectivity index (χ2n) is 8.83. The van der Waals surface area contributed by atoms with Crippen molar-refractivity contribution in [3.05, 3.63) is 64.2 Å². The van der Waals surface area contributed by atoms with Crippen LogP contribution in [0.25, 0.3) is 5.76 Å². The molecule has 1 N–H and O–H groups in total. The zero-order chi connectivity index (χ0) is 26.4. The number of benzene rings is 2. The molecule has 1 aliphatic rings. The van der Waals surface area contributed by atoms with E-state index >= 15 is 0 Å². The van der Waals surface area contributed by atoms with E-state index in [0.717, 1.165) is 13.1 Å². The molecule has 7 nitrogen and oxygen atoms in total. The highest BCUT2D eigenvalue weighted by Gasteiger charge is 2.46. The van der Waals surface area contributed by atoms with E-state index in [1.165, 1.54) is 4.90 Å². The molecule has 0 radical (unpaired) electrons. The van der Waals surface area contributed by atoms with Crippen LogP contribution in [-0.4, -0.2) is 65.5 Å². The smallest absolute Gasteiger partial charge is 0.295 e. The fourth-order valence-corrected chi connectivity index (χ4v) is 4.57. The third-order valence-electron chi connectivity index (χ3n) is 6.14. The molecule has 1 atom stereocenters. The molecule has 0 bridgehead atoms. The molecular weight excluding hydrogens is 480 g/mol. The Labute approximate surface area is 218 Å². The van der Waals surface area contributed by atoms with Crippen molar-refractivity contribution in [2.75, 3.05) is 32.8 Å². The third-order valence-corrected chi connectivity index (χ3v) is 6.47. The second kappa shape index (κ2) is 12.3. The van der Waals surface area contributed by atoms with Gasteiger partial charge in [-0.15, -0.1) is 0 Å². The van der Waals surface area contributed by atoms with Crippen LogP contribution in [0, 0.1) is 0 Å². The van der Waals surface area contributed by atoms with E-state index in [9.17, 15) is 14.7 Å². The van der Waals surface area contributed by atoms with E-state index in [1.54, 1.807) is 18.2 Å². The van der Waals surface area contributed by atoms with Crippen LogP contribution in [0.1, 0.15) is 51.8 Å². The fraction of sp³-hybridized carbons (Fsp3) is 0.429. The first-order valence-corrected chi connectivity index (χ1v) is 12.8. The second-order valence-corrected chi connectivity index (χ2v) is 9.24. The van der Waals surface area contributed by atoms with Gasteiger partial charge in [-0.3, -0.25) is 9.59 Å². The largest absolute Gasteiger partial charge is 0.507 e. The molecule has 1 amide bonds. The number of amides is 1. The molecule has 0 aliphatic carbocycles. The number of rotatable bonds is 11. The minimum atomic E-state index is -0.789. The van der Waals surface area contributed by atoms with Gasteiger partial charge in [0.05, 0.1) is 29.3 Å². The summed E-state index contributed by atoms with van der Waals surface area (Å²) in [7, 11) is 0. The molecule has 1 fully saturated rings. The SMILES string of the molecule is CCOc1ccc(Cl)c(/C(O)=C2\C(=O)C(=O)N(CCN(CC)CC)C2c2cccc(OC(C)C)c2)c1. The van der Waals surface area contributed by atoms with Gasteiger partial charge < -0.3 is 24.4 Å². The number of Topliss-reactive ketones (excluding diaryl/α,β-unsaturated/α-hetero) is 1. The molecule has 0 saturated carbocycles. The Hall–Kier alpha value is -3.03. The average molecular weight is 515 g/mol. The van der Waals surface area contributed by atoms with Gasteiger partial charge in [-0.1, -0.05) is 37.6 Å². The van der Waals surface area contributed by atoms with E-state index in [2.05, 4.69) is 18.7 Å². The number of carbonyl (C=O) groups excluding carboxylic acids is 2. The summed E-state index contributed by atoms with van der Waals surface area (Å²) < 4.78 is 11.4. The number of halogens is 1. The van der Waals surface area contributed by atoms with Gasteiger partial charge in [-0.2, -0.15) is 0 Å². The molecule has 0 aromatic heterocycles. The van der Waals surface area contributed by atoms with Gasteiger partial charge in [0.15, 0.2) is 0 Å². The summed E-state index contributed by atoms with van der Waals surface area (Å²) in [4.78, 5) is 30.3.